The third-order valence-electron chi connectivity index (χ3n) is 4.39. The second-order valence-electron chi connectivity index (χ2n) is 6.54. The zero-order chi connectivity index (χ0) is 19.8. The van der Waals surface area contributed by atoms with Crippen LogP contribution in [0, 0.1) is 5.82 Å². The van der Waals surface area contributed by atoms with Gasteiger partial charge < -0.3 is 9.80 Å². The van der Waals surface area contributed by atoms with Crippen LogP contribution in [0.3, 0.4) is 0 Å². The zero-order valence-corrected chi connectivity index (χ0v) is 16.4. The number of fused-ring (bicyclic) bond motifs is 1. The van der Waals surface area contributed by atoms with Gasteiger partial charge in [0.15, 0.2) is 0 Å². The third kappa shape index (κ3) is 3.22. The van der Waals surface area contributed by atoms with Gasteiger partial charge in [0.05, 0.1) is 11.9 Å². The summed E-state index contributed by atoms with van der Waals surface area (Å²) in [5.41, 5.74) is 3.11. The maximum absolute atomic E-state index is 13.2. The highest BCUT2D eigenvalue weighted by Gasteiger charge is 2.16. The van der Waals surface area contributed by atoms with Gasteiger partial charge in [-0.1, -0.05) is 23.5 Å². The SMILES string of the molecule is CN(C)C(=O)c1cccc(-c2cnc3sc(N(C)c4ccc(F)cc4)nn23)c1. The Hall–Kier alpha value is -3.26. The van der Waals surface area contributed by atoms with Gasteiger partial charge in [0, 0.05) is 38.0 Å². The van der Waals surface area contributed by atoms with Crippen LogP contribution in [-0.4, -0.2) is 46.5 Å². The maximum Gasteiger partial charge on any atom is 0.253 e. The summed E-state index contributed by atoms with van der Waals surface area (Å²) in [4.78, 5) is 20.9. The van der Waals surface area contributed by atoms with Crippen LogP contribution in [0.5, 0.6) is 0 Å². The topological polar surface area (TPSA) is 53.7 Å². The molecule has 0 aliphatic rings. The Morgan fingerprint density at radius 2 is 1.86 bits per heavy atom. The molecule has 0 spiro atoms. The van der Waals surface area contributed by atoms with Crippen molar-refractivity contribution in [3.63, 3.8) is 0 Å². The van der Waals surface area contributed by atoms with Crippen molar-refractivity contribution in [3.8, 4) is 11.3 Å². The highest BCUT2D eigenvalue weighted by atomic mass is 32.1. The van der Waals surface area contributed by atoms with Gasteiger partial charge in [-0.25, -0.2) is 13.9 Å². The number of carbonyl (C=O) groups excluding carboxylic acids is 1. The van der Waals surface area contributed by atoms with E-state index in [1.54, 1.807) is 47.9 Å². The van der Waals surface area contributed by atoms with Gasteiger partial charge in [-0.2, -0.15) is 0 Å². The first kappa shape index (κ1) is 18.1. The van der Waals surface area contributed by atoms with Crippen LogP contribution < -0.4 is 4.90 Å². The predicted molar refractivity (Wildman–Crippen MR) is 109 cm³/mol. The first-order valence-corrected chi connectivity index (χ1v) is 9.41. The van der Waals surface area contributed by atoms with Crippen molar-refractivity contribution in [2.75, 3.05) is 26.0 Å². The van der Waals surface area contributed by atoms with E-state index in [1.165, 1.54) is 23.5 Å². The Morgan fingerprint density at radius 1 is 1.11 bits per heavy atom. The molecule has 8 heteroatoms. The highest BCUT2D eigenvalue weighted by Crippen LogP contribution is 2.31. The standard InChI is InChI=1S/C20H18FN5OS/c1-24(2)18(27)14-6-4-5-13(11-14)17-12-22-19-26(17)23-20(28-19)25(3)16-9-7-15(21)8-10-16/h4-12H,1-3H3. The van der Waals surface area contributed by atoms with Crippen molar-refractivity contribution in [2.45, 2.75) is 0 Å². The molecule has 2 aromatic heterocycles. The molecule has 4 aromatic rings. The molecule has 0 atom stereocenters. The van der Waals surface area contributed by atoms with Crippen molar-refractivity contribution >= 4 is 33.0 Å². The van der Waals surface area contributed by atoms with Crippen LogP contribution in [0.25, 0.3) is 16.2 Å². The number of amides is 1. The fraction of sp³-hybridized carbons (Fsp3) is 0.150. The molecule has 2 heterocycles. The van der Waals surface area contributed by atoms with Crippen LogP contribution in [0.1, 0.15) is 10.4 Å². The minimum absolute atomic E-state index is 0.0578. The second-order valence-corrected chi connectivity index (χ2v) is 7.47. The van der Waals surface area contributed by atoms with E-state index in [0.717, 1.165) is 27.0 Å². The van der Waals surface area contributed by atoms with Crippen LogP contribution in [0.4, 0.5) is 15.2 Å². The molecule has 6 nitrogen and oxygen atoms in total. The number of carbonyl (C=O) groups is 1. The number of halogens is 1. The number of hydrogen-bond donors (Lipinski definition) is 0. The average Bonchev–Trinajstić information content (AvgIpc) is 3.28. The maximum atomic E-state index is 13.2. The van der Waals surface area contributed by atoms with E-state index < -0.39 is 0 Å². The summed E-state index contributed by atoms with van der Waals surface area (Å²) in [5, 5.41) is 5.40. The van der Waals surface area contributed by atoms with Gasteiger partial charge in [0.1, 0.15) is 5.82 Å². The molecule has 0 aliphatic carbocycles. The summed E-state index contributed by atoms with van der Waals surface area (Å²) >= 11 is 1.43. The lowest BCUT2D eigenvalue weighted by atomic mass is 10.1. The number of hydrogen-bond acceptors (Lipinski definition) is 5. The Labute approximate surface area is 165 Å². The normalized spacial score (nSPS) is 11.0. The molecule has 2 aromatic carbocycles. The van der Waals surface area contributed by atoms with E-state index in [2.05, 4.69) is 10.1 Å². The molecule has 0 bridgehead atoms. The van der Waals surface area contributed by atoms with E-state index in [9.17, 15) is 9.18 Å². The molecule has 0 radical (unpaired) electrons. The Bertz CT molecular complexity index is 1150. The monoisotopic (exact) mass is 395 g/mol. The van der Waals surface area contributed by atoms with Crippen LogP contribution >= 0.6 is 11.3 Å². The molecule has 0 aliphatic heterocycles. The quantitative estimate of drug-likeness (QED) is 0.523. The molecule has 1 amide bonds. The summed E-state index contributed by atoms with van der Waals surface area (Å²) in [6.07, 6.45) is 1.75. The van der Waals surface area contributed by atoms with E-state index in [-0.39, 0.29) is 11.7 Å². The van der Waals surface area contributed by atoms with E-state index in [4.69, 9.17) is 0 Å². The van der Waals surface area contributed by atoms with Crippen LogP contribution in [-0.2, 0) is 0 Å². The highest BCUT2D eigenvalue weighted by molar-refractivity contribution is 7.20. The van der Waals surface area contributed by atoms with Crippen molar-refractivity contribution in [3.05, 3.63) is 66.1 Å². The third-order valence-corrected chi connectivity index (χ3v) is 5.39. The largest absolute Gasteiger partial charge is 0.345 e. The lowest BCUT2D eigenvalue weighted by Crippen LogP contribution is -2.21. The van der Waals surface area contributed by atoms with Gasteiger partial charge in [0.2, 0.25) is 10.1 Å². The summed E-state index contributed by atoms with van der Waals surface area (Å²) in [5.74, 6) is -0.335. The molecule has 0 unspecified atom stereocenters. The predicted octanol–water partition coefficient (Wildman–Crippen LogP) is 4.07. The van der Waals surface area contributed by atoms with Gasteiger partial charge in [-0.3, -0.25) is 4.79 Å². The number of rotatable bonds is 4. The molecular formula is C20H18FN5OS. The summed E-state index contributed by atoms with van der Waals surface area (Å²) in [6, 6.07) is 13.7. The average molecular weight is 395 g/mol. The second kappa shape index (κ2) is 7.05. The number of anilines is 2. The van der Waals surface area contributed by atoms with Crippen molar-refractivity contribution in [1.29, 1.82) is 0 Å². The Kier molecular flexibility index (Phi) is 4.56. The molecule has 0 saturated carbocycles. The van der Waals surface area contributed by atoms with E-state index in [0.29, 0.717) is 5.56 Å². The van der Waals surface area contributed by atoms with Gasteiger partial charge >= 0.3 is 0 Å². The summed E-state index contributed by atoms with van der Waals surface area (Å²) in [7, 11) is 5.33. The fourth-order valence-corrected chi connectivity index (χ4v) is 3.72. The van der Waals surface area contributed by atoms with Crippen molar-refractivity contribution < 1.29 is 9.18 Å². The lowest BCUT2D eigenvalue weighted by Gasteiger charge is -2.14. The molecule has 142 valence electrons. The number of nitrogens with zero attached hydrogens (tertiary/aromatic N) is 5. The first-order chi connectivity index (χ1) is 13.4. The van der Waals surface area contributed by atoms with Gasteiger partial charge in [-0.15, -0.1) is 5.10 Å². The van der Waals surface area contributed by atoms with Gasteiger partial charge in [0.25, 0.3) is 5.91 Å². The molecular weight excluding hydrogens is 377 g/mol. The number of aromatic nitrogens is 3. The minimum atomic E-state index is -0.277. The van der Waals surface area contributed by atoms with Crippen molar-refractivity contribution in [1.82, 2.24) is 19.5 Å². The zero-order valence-electron chi connectivity index (χ0n) is 15.6. The van der Waals surface area contributed by atoms with E-state index in [1.807, 2.05) is 30.1 Å². The molecule has 0 fully saturated rings. The Morgan fingerprint density at radius 3 is 2.57 bits per heavy atom. The Balaban J connectivity index is 1.71. The molecule has 0 N–H and O–H groups in total. The first-order valence-electron chi connectivity index (χ1n) is 8.60. The minimum Gasteiger partial charge on any atom is -0.345 e. The van der Waals surface area contributed by atoms with Crippen LogP contribution in [0.15, 0.2) is 54.7 Å². The molecule has 0 saturated heterocycles. The number of imidazole rings is 1. The van der Waals surface area contributed by atoms with Crippen molar-refractivity contribution in [2.24, 2.45) is 0 Å². The fourth-order valence-electron chi connectivity index (χ4n) is 2.86. The smallest absolute Gasteiger partial charge is 0.253 e. The van der Waals surface area contributed by atoms with E-state index >= 15 is 0 Å². The van der Waals surface area contributed by atoms with Gasteiger partial charge in [-0.05, 0) is 36.4 Å². The summed E-state index contributed by atoms with van der Waals surface area (Å²) in [6.45, 7) is 0. The summed E-state index contributed by atoms with van der Waals surface area (Å²) < 4.78 is 14.9. The molecule has 28 heavy (non-hydrogen) atoms. The lowest BCUT2D eigenvalue weighted by molar-refractivity contribution is 0.0827. The van der Waals surface area contributed by atoms with Crippen LogP contribution in [0.2, 0.25) is 0 Å². The number of benzene rings is 2. The molecule has 4 rings (SSSR count).